The zero-order valence-electron chi connectivity index (χ0n) is 13.2. The zero-order valence-corrected chi connectivity index (χ0v) is 14.0. The Kier molecular flexibility index (Phi) is 4.57. The molecule has 116 valence electrons. The Morgan fingerprint density at radius 2 is 1.71 bits per heavy atom. The summed E-state index contributed by atoms with van der Waals surface area (Å²) in [6.07, 6.45) is 1.10. The number of Topliss-reactive ketones (excluding diaryl/α,β-unsaturated/α-hetero) is 1. The Hall–Kier alpha value is -1.16. The highest BCUT2D eigenvalue weighted by molar-refractivity contribution is 7.92. The second-order valence-electron chi connectivity index (χ2n) is 6.60. The van der Waals surface area contributed by atoms with Gasteiger partial charge < -0.3 is 0 Å². The quantitative estimate of drug-likeness (QED) is 0.860. The van der Waals surface area contributed by atoms with E-state index < -0.39 is 21.0 Å². The van der Waals surface area contributed by atoms with E-state index in [-0.39, 0.29) is 11.7 Å². The molecular weight excluding hydrogens is 284 g/mol. The molecule has 0 aliphatic heterocycles. The van der Waals surface area contributed by atoms with E-state index in [1.165, 1.54) is 0 Å². The zero-order chi connectivity index (χ0) is 15.8. The van der Waals surface area contributed by atoms with E-state index in [2.05, 4.69) is 13.8 Å². The minimum absolute atomic E-state index is 0.0839. The smallest absolute Gasteiger partial charge is 0.181 e. The van der Waals surface area contributed by atoms with Crippen LogP contribution in [-0.4, -0.2) is 19.5 Å². The molecule has 3 atom stereocenters. The summed E-state index contributed by atoms with van der Waals surface area (Å²) in [7, 11) is -3.45. The van der Waals surface area contributed by atoms with Gasteiger partial charge in [0.25, 0.3) is 0 Å². The molecule has 0 heterocycles. The first kappa shape index (κ1) is 16.2. The minimum Gasteiger partial charge on any atom is -0.299 e. The molecule has 1 aliphatic rings. The van der Waals surface area contributed by atoms with Crippen LogP contribution in [-0.2, 0) is 14.6 Å². The Labute approximate surface area is 127 Å². The van der Waals surface area contributed by atoms with E-state index in [1.807, 2.05) is 19.1 Å². The fourth-order valence-electron chi connectivity index (χ4n) is 3.04. The number of benzene rings is 1. The van der Waals surface area contributed by atoms with Crippen LogP contribution in [0.3, 0.4) is 0 Å². The van der Waals surface area contributed by atoms with Crippen LogP contribution in [0, 0.1) is 24.7 Å². The maximum Gasteiger partial charge on any atom is 0.181 e. The first-order valence-corrected chi connectivity index (χ1v) is 9.11. The normalized spacial score (nSPS) is 27.1. The van der Waals surface area contributed by atoms with E-state index in [4.69, 9.17) is 0 Å². The summed E-state index contributed by atoms with van der Waals surface area (Å²) >= 11 is 0. The van der Waals surface area contributed by atoms with E-state index in [1.54, 1.807) is 19.1 Å². The molecule has 21 heavy (non-hydrogen) atoms. The number of carbonyl (C=O) groups is 1. The van der Waals surface area contributed by atoms with Crippen LogP contribution in [0.1, 0.15) is 39.2 Å². The summed E-state index contributed by atoms with van der Waals surface area (Å²) in [6.45, 7) is 7.81. The predicted octanol–water partition coefficient (Wildman–Crippen LogP) is 3.41. The largest absolute Gasteiger partial charge is 0.299 e. The van der Waals surface area contributed by atoms with Crippen molar-refractivity contribution in [2.75, 3.05) is 0 Å². The number of ketones is 1. The molecule has 0 spiro atoms. The molecule has 3 nitrogen and oxygen atoms in total. The maximum absolute atomic E-state index is 12.9. The van der Waals surface area contributed by atoms with Crippen LogP contribution in [0.5, 0.6) is 0 Å². The second kappa shape index (κ2) is 5.91. The van der Waals surface area contributed by atoms with Gasteiger partial charge in [-0.05, 0) is 37.3 Å². The van der Waals surface area contributed by atoms with Crippen molar-refractivity contribution in [3.05, 3.63) is 29.8 Å². The highest BCUT2D eigenvalue weighted by Crippen LogP contribution is 2.37. The lowest BCUT2D eigenvalue weighted by Crippen LogP contribution is -2.41. The van der Waals surface area contributed by atoms with Gasteiger partial charge in [-0.3, -0.25) is 4.79 Å². The topological polar surface area (TPSA) is 51.2 Å². The van der Waals surface area contributed by atoms with Crippen molar-refractivity contribution < 1.29 is 13.2 Å². The number of aryl methyl sites for hydroxylation is 1. The molecule has 0 saturated heterocycles. The first-order valence-electron chi connectivity index (χ1n) is 7.56. The molecule has 1 aliphatic carbocycles. The van der Waals surface area contributed by atoms with Crippen molar-refractivity contribution in [1.82, 2.24) is 0 Å². The number of sulfone groups is 1. The molecule has 1 fully saturated rings. The minimum atomic E-state index is -3.45. The van der Waals surface area contributed by atoms with Gasteiger partial charge in [0.05, 0.1) is 10.1 Å². The lowest BCUT2D eigenvalue weighted by Gasteiger charge is -2.34. The molecule has 1 aromatic rings. The van der Waals surface area contributed by atoms with Crippen molar-refractivity contribution in [2.24, 2.45) is 17.8 Å². The SMILES string of the molecule is Cc1ccc(S(=O)(=O)C2CC(C(C)C)CC(=O)C2C)cc1. The summed E-state index contributed by atoms with van der Waals surface area (Å²) < 4.78 is 25.7. The average Bonchev–Trinajstić information content (AvgIpc) is 2.41. The van der Waals surface area contributed by atoms with Crippen LogP contribution >= 0.6 is 0 Å². The maximum atomic E-state index is 12.9. The van der Waals surface area contributed by atoms with Crippen LogP contribution in [0.25, 0.3) is 0 Å². The number of carbonyl (C=O) groups excluding carboxylic acids is 1. The van der Waals surface area contributed by atoms with E-state index in [0.717, 1.165) is 5.56 Å². The van der Waals surface area contributed by atoms with Gasteiger partial charge in [-0.15, -0.1) is 0 Å². The molecule has 0 radical (unpaired) electrons. The van der Waals surface area contributed by atoms with Crippen molar-refractivity contribution >= 4 is 15.6 Å². The third-order valence-electron chi connectivity index (χ3n) is 4.75. The van der Waals surface area contributed by atoms with Gasteiger partial charge in [0.1, 0.15) is 5.78 Å². The van der Waals surface area contributed by atoms with Crippen LogP contribution < -0.4 is 0 Å². The summed E-state index contributed by atoms with van der Waals surface area (Å²) in [5, 5.41) is -0.589. The van der Waals surface area contributed by atoms with Gasteiger partial charge >= 0.3 is 0 Å². The van der Waals surface area contributed by atoms with Gasteiger partial charge in [0.2, 0.25) is 0 Å². The summed E-state index contributed by atoms with van der Waals surface area (Å²) in [6, 6.07) is 6.92. The van der Waals surface area contributed by atoms with Crippen molar-refractivity contribution in [1.29, 1.82) is 0 Å². The molecule has 0 amide bonds. The summed E-state index contributed by atoms with van der Waals surface area (Å²) in [5.41, 5.74) is 1.03. The monoisotopic (exact) mass is 308 g/mol. The lowest BCUT2D eigenvalue weighted by atomic mass is 9.76. The van der Waals surface area contributed by atoms with Gasteiger partial charge in [0.15, 0.2) is 9.84 Å². The third kappa shape index (κ3) is 3.20. The molecule has 4 heteroatoms. The lowest BCUT2D eigenvalue weighted by molar-refractivity contribution is -0.125. The van der Waals surface area contributed by atoms with Gasteiger partial charge in [0, 0.05) is 12.3 Å². The number of rotatable bonds is 3. The van der Waals surface area contributed by atoms with Gasteiger partial charge in [-0.2, -0.15) is 0 Å². The second-order valence-corrected chi connectivity index (χ2v) is 8.76. The third-order valence-corrected chi connectivity index (χ3v) is 7.08. The molecule has 1 aromatic carbocycles. The molecule has 0 aromatic heterocycles. The average molecular weight is 308 g/mol. The Morgan fingerprint density at radius 1 is 1.14 bits per heavy atom. The molecule has 0 bridgehead atoms. The molecule has 0 N–H and O–H groups in total. The Bertz CT molecular complexity index is 614. The van der Waals surface area contributed by atoms with E-state index >= 15 is 0 Å². The highest BCUT2D eigenvalue weighted by atomic mass is 32.2. The van der Waals surface area contributed by atoms with Gasteiger partial charge in [-0.25, -0.2) is 8.42 Å². The summed E-state index contributed by atoms with van der Waals surface area (Å²) in [4.78, 5) is 12.5. The van der Waals surface area contributed by atoms with Crippen molar-refractivity contribution in [3.63, 3.8) is 0 Å². The fourth-order valence-corrected chi connectivity index (χ4v) is 5.10. The first-order chi connectivity index (χ1) is 9.73. The standard InChI is InChI=1S/C17H24O3S/c1-11(2)14-9-16(18)13(4)17(10-14)21(19,20)15-7-5-12(3)6-8-15/h5-8,11,13-14,17H,9-10H2,1-4H3. The molecule has 3 unspecified atom stereocenters. The Balaban J connectivity index is 2.37. The van der Waals surface area contributed by atoms with Crippen LogP contribution in [0.4, 0.5) is 0 Å². The van der Waals surface area contributed by atoms with E-state index in [0.29, 0.717) is 23.7 Å². The van der Waals surface area contributed by atoms with Gasteiger partial charge in [-0.1, -0.05) is 38.5 Å². The van der Waals surface area contributed by atoms with Crippen LogP contribution in [0.15, 0.2) is 29.2 Å². The summed E-state index contributed by atoms with van der Waals surface area (Å²) in [5.74, 6) is 0.169. The predicted molar refractivity (Wildman–Crippen MR) is 83.9 cm³/mol. The molecule has 1 saturated carbocycles. The fraction of sp³-hybridized carbons (Fsp3) is 0.588. The van der Waals surface area contributed by atoms with Crippen LogP contribution in [0.2, 0.25) is 0 Å². The highest BCUT2D eigenvalue weighted by Gasteiger charge is 2.42. The van der Waals surface area contributed by atoms with Crippen molar-refractivity contribution in [2.45, 2.75) is 50.7 Å². The molecule has 2 rings (SSSR count). The number of hydrogen-bond acceptors (Lipinski definition) is 3. The van der Waals surface area contributed by atoms with E-state index in [9.17, 15) is 13.2 Å². The molecular formula is C17H24O3S. The number of hydrogen-bond donors (Lipinski definition) is 0. The van der Waals surface area contributed by atoms with Crippen molar-refractivity contribution in [3.8, 4) is 0 Å². The Morgan fingerprint density at radius 3 is 2.24 bits per heavy atom.